The lowest BCUT2D eigenvalue weighted by molar-refractivity contribution is -0.149. The number of carbonyl (C=O) groups is 2. The molecule has 1 amide bonds. The van der Waals surface area contributed by atoms with Gasteiger partial charge in [-0.25, -0.2) is 4.79 Å². The molecule has 0 radical (unpaired) electrons. The molecule has 0 aliphatic heterocycles. The lowest BCUT2D eigenvalue weighted by Crippen LogP contribution is -2.24. The van der Waals surface area contributed by atoms with Crippen molar-refractivity contribution in [3.63, 3.8) is 0 Å². The highest BCUT2D eigenvalue weighted by atomic mass is 35.5. The van der Waals surface area contributed by atoms with Gasteiger partial charge in [-0.3, -0.25) is 4.79 Å². The van der Waals surface area contributed by atoms with E-state index >= 15 is 0 Å². The molecule has 0 unspecified atom stereocenters. The van der Waals surface area contributed by atoms with E-state index in [-0.39, 0.29) is 6.61 Å². The zero-order valence-corrected chi connectivity index (χ0v) is 14.6. The maximum atomic E-state index is 11.8. The fourth-order valence-electron chi connectivity index (χ4n) is 1.96. The third kappa shape index (κ3) is 6.00. The number of anilines is 1. The Morgan fingerprint density at radius 3 is 2.36 bits per heavy atom. The van der Waals surface area contributed by atoms with E-state index in [9.17, 15) is 9.59 Å². The molecular formula is C18H18ClNO5. The van der Waals surface area contributed by atoms with E-state index in [1.54, 1.807) is 49.6 Å². The second-order valence-corrected chi connectivity index (χ2v) is 5.57. The van der Waals surface area contributed by atoms with Gasteiger partial charge in [0.2, 0.25) is 0 Å². The number of rotatable bonds is 7. The molecule has 0 aliphatic carbocycles. The van der Waals surface area contributed by atoms with Crippen molar-refractivity contribution in [1.82, 2.24) is 0 Å². The Morgan fingerprint density at radius 1 is 1.04 bits per heavy atom. The number of esters is 1. The van der Waals surface area contributed by atoms with Gasteiger partial charge in [0, 0.05) is 10.7 Å². The number of amides is 1. The summed E-state index contributed by atoms with van der Waals surface area (Å²) < 4.78 is 15.2. The summed E-state index contributed by atoms with van der Waals surface area (Å²) in [5, 5.41) is 3.23. The maximum absolute atomic E-state index is 11.8. The molecule has 132 valence electrons. The van der Waals surface area contributed by atoms with Gasteiger partial charge >= 0.3 is 5.97 Å². The van der Waals surface area contributed by atoms with Crippen LogP contribution in [0.15, 0.2) is 42.5 Å². The first-order chi connectivity index (χ1) is 12.0. The molecule has 0 fully saturated rings. The van der Waals surface area contributed by atoms with Crippen molar-refractivity contribution in [1.29, 1.82) is 0 Å². The zero-order chi connectivity index (χ0) is 18.2. The van der Waals surface area contributed by atoms with Crippen molar-refractivity contribution < 1.29 is 23.8 Å². The Balaban J connectivity index is 1.74. The maximum Gasteiger partial charge on any atom is 0.344 e. The van der Waals surface area contributed by atoms with Gasteiger partial charge in [-0.05, 0) is 55.0 Å². The highest BCUT2D eigenvalue weighted by molar-refractivity contribution is 6.30. The predicted molar refractivity (Wildman–Crippen MR) is 94.3 cm³/mol. The first kappa shape index (κ1) is 18.6. The van der Waals surface area contributed by atoms with Gasteiger partial charge in [0.25, 0.3) is 5.91 Å². The summed E-state index contributed by atoms with van der Waals surface area (Å²) in [5.74, 6) is 0.102. The van der Waals surface area contributed by atoms with Crippen molar-refractivity contribution in [3.05, 3.63) is 53.1 Å². The molecule has 0 aliphatic rings. The molecule has 1 N–H and O–H groups in total. The van der Waals surface area contributed by atoms with Crippen molar-refractivity contribution in [2.75, 3.05) is 25.6 Å². The fraction of sp³-hybridized carbons (Fsp3) is 0.222. The fourth-order valence-corrected chi connectivity index (χ4v) is 2.18. The van der Waals surface area contributed by atoms with E-state index in [1.165, 1.54) is 0 Å². The van der Waals surface area contributed by atoms with Gasteiger partial charge in [0.1, 0.15) is 11.5 Å². The van der Waals surface area contributed by atoms with Crippen molar-refractivity contribution >= 4 is 29.2 Å². The average molecular weight is 364 g/mol. The quantitative estimate of drug-likeness (QED) is 0.764. The number of aryl methyl sites for hydroxylation is 1. The van der Waals surface area contributed by atoms with Gasteiger partial charge in [-0.2, -0.15) is 0 Å². The van der Waals surface area contributed by atoms with E-state index < -0.39 is 18.5 Å². The van der Waals surface area contributed by atoms with Crippen LogP contribution in [0.2, 0.25) is 5.02 Å². The molecule has 2 rings (SSSR count). The Morgan fingerprint density at radius 2 is 1.72 bits per heavy atom. The molecule has 0 spiro atoms. The summed E-state index contributed by atoms with van der Waals surface area (Å²) in [4.78, 5) is 23.5. The third-order valence-electron chi connectivity index (χ3n) is 3.24. The first-order valence-electron chi connectivity index (χ1n) is 7.46. The topological polar surface area (TPSA) is 73.9 Å². The molecule has 25 heavy (non-hydrogen) atoms. The molecule has 0 atom stereocenters. The van der Waals surface area contributed by atoms with E-state index in [0.717, 1.165) is 5.56 Å². The van der Waals surface area contributed by atoms with Crippen molar-refractivity contribution in [2.24, 2.45) is 0 Å². The van der Waals surface area contributed by atoms with Crippen LogP contribution < -0.4 is 14.8 Å². The SMILES string of the molecule is COc1ccc(OCC(=O)OCC(=O)Nc2ccc(Cl)cc2C)cc1. The Hall–Kier alpha value is -2.73. The minimum atomic E-state index is -0.640. The molecule has 7 heteroatoms. The Kier molecular flexibility index (Phi) is 6.65. The van der Waals surface area contributed by atoms with Crippen LogP contribution in [-0.2, 0) is 14.3 Å². The molecule has 0 bridgehead atoms. The number of hydrogen-bond acceptors (Lipinski definition) is 5. The molecule has 2 aromatic carbocycles. The summed E-state index contributed by atoms with van der Waals surface area (Å²) in [6.45, 7) is 1.13. The number of halogens is 1. The lowest BCUT2D eigenvalue weighted by Gasteiger charge is -2.10. The lowest BCUT2D eigenvalue weighted by atomic mass is 10.2. The van der Waals surface area contributed by atoms with E-state index in [2.05, 4.69) is 5.32 Å². The normalized spacial score (nSPS) is 10.0. The third-order valence-corrected chi connectivity index (χ3v) is 3.48. The Labute approximate surface area is 150 Å². The van der Waals surface area contributed by atoms with Crippen LogP contribution in [0.1, 0.15) is 5.56 Å². The molecule has 2 aromatic rings. The number of carbonyl (C=O) groups excluding carboxylic acids is 2. The van der Waals surface area contributed by atoms with Crippen LogP contribution >= 0.6 is 11.6 Å². The number of nitrogens with one attached hydrogen (secondary N) is 1. The summed E-state index contributed by atoms with van der Waals surface area (Å²) >= 11 is 5.86. The standard InChI is InChI=1S/C18H18ClNO5/c1-12-9-13(19)3-8-16(12)20-17(21)10-25-18(22)11-24-15-6-4-14(23-2)5-7-15/h3-9H,10-11H2,1-2H3,(H,20,21). The second-order valence-electron chi connectivity index (χ2n) is 5.13. The van der Waals surface area contributed by atoms with Gasteiger partial charge in [-0.15, -0.1) is 0 Å². The van der Waals surface area contributed by atoms with E-state index in [0.29, 0.717) is 22.2 Å². The summed E-state index contributed by atoms with van der Waals surface area (Å²) in [7, 11) is 1.56. The van der Waals surface area contributed by atoms with Gasteiger partial charge < -0.3 is 19.5 Å². The predicted octanol–water partition coefficient (Wildman–Crippen LogP) is 3.22. The zero-order valence-electron chi connectivity index (χ0n) is 13.9. The number of methoxy groups -OCH3 is 1. The number of ether oxygens (including phenoxy) is 3. The van der Waals surface area contributed by atoms with Crippen LogP contribution in [0.4, 0.5) is 5.69 Å². The van der Waals surface area contributed by atoms with Crippen molar-refractivity contribution in [3.8, 4) is 11.5 Å². The van der Waals surface area contributed by atoms with E-state index in [1.807, 2.05) is 6.92 Å². The molecular weight excluding hydrogens is 346 g/mol. The molecule has 0 saturated carbocycles. The monoisotopic (exact) mass is 363 g/mol. The minimum Gasteiger partial charge on any atom is -0.497 e. The molecule has 0 aromatic heterocycles. The van der Waals surface area contributed by atoms with Crippen molar-refractivity contribution in [2.45, 2.75) is 6.92 Å². The molecule has 0 saturated heterocycles. The van der Waals surface area contributed by atoms with Crippen LogP contribution in [0.5, 0.6) is 11.5 Å². The highest BCUT2D eigenvalue weighted by Gasteiger charge is 2.10. The summed E-state index contributed by atoms with van der Waals surface area (Å²) in [6, 6.07) is 11.8. The summed E-state index contributed by atoms with van der Waals surface area (Å²) in [5.41, 5.74) is 1.43. The van der Waals surface area contributed by atoms with Crippen LogP contribution in [-0.4, -0.2) is 32.2 Å². The minimum absolute atomic E-state index is 0.292. The smallest absolute Gasteiger partial charge is 0.344 e. The van der Waals surface area contributed by atoms with Crippen LogP contribution in [0.25, 0.3) is 0 Å². The molecule has 6 nitrogen and oxygen atoms in total. The first-order valence-corrected chi connectivity index (χ1v) is 7.84. The van der Waals surface area contributed by atoms with E-state index in [4.69, 9.17) is 25.8 Å². The van der Waals surface area contributed by atoms with Gasteiger partial charge in [-0.1, -0.05) is 11.6 Å². The highest BCUT2D eigenvalue weighted by Crippen LogP contribution is 2.19. The summed E-state index contributed by atoms with van der Waals surface area (Å²) in [6.07, 6.45) is 0. The molecule has 0 heterocycles. The number of hydrogen-bond donors (Lipinski definition) is 1. The van der Waals surface area contributed by atoms with Crippen LogP contribution in [0.3, 0.4) is 0 Å². The van der Waals surface area contributed by atoms with Crippen LogP contribution in [0, 0.1) is 6.92 Å². The largest absolute Gasteiger partial charge is 0.497 e. The number of benzene rings is 2. The average Bonchev–Trinajstić information content (AvgIpc) is 2.61. The van der Waals surface area contributed by atoms with Gasteiger partial charge in [0.05, 0.1) is 7.11 Å². The Bertz CT molecular complexity index is 746. The second kappa shape index (κ2) is 8.94. The van der Waals surface area contributed by atoms with Gasteiger partial charge in [0.15, 0.2) is 13.2 Å².